The summed E-state index contributed by atoms with van der Waals surface area (Å²) in [7, 11) is 0. The Kier molecular flexibility index (Phi) is 6.88. The highest BCUT2D eigenvalue weighted by atomic mass is 35.5. The van der Waals surface area contributed by atoms with E-state index in [1.54, 1.807) is 17.0 Å². The van der Waals surface area contributed by atoms with Gasteiger partial charge in [0.05, 0.1) is 12.5 Å². The van der Waals surface area contributed by atoms with Crippen molar-refractivity contribution < 1.29 is 14.0 Å². The van der Waals surface area contributed by atoms with Crippen LogP contribution in [0.5, 0.6) is 0 Å². The molecule has 6 nitrogen and oxygen atoms in total. The molecule has 0 aliphatic carbocycles. The molecule has 1 atom stereocenters. The van der Waals surface area contributed by atoms with Gasteiger partial charge in [-0.15, -0.1) is 11.3 Å². The van der Waals surface area contributed by atoms with E-state index in [0.29, 0.717) is 43.3 Å². The molecule has 0 bridgehead atoms. The number of piperazine rings is 1. The number of amides is 3. The van der Waals surface area contributed by atoms with Gasteiger partial charge in [0.25, 0.3) is 0 Å². The maximum Gasteiger partial charge on any atom is 0.312 e. The van der Waals surface area contributed by atoms with Gasteiger partial charge in [-0.2, -0.15) is 0 Å². The Bertz CT molecular complexity index is 805. The highest BCUT2D eigenvalue weighted by molar-refractivity contribution is 7.10. The number of benzene rings is 1. The molecule has 3 amide bonds. The van der Waals surface area contributed by atoms with Crippen molar-refractivity contribution in [3.8, 4) is 0 Å². The highest BCUT2D eigenvalue weighted by Gasteiger charge is 2.26. The normalized spacial score (nSPS) is 16.0. The molecule has 1 unspecified atom stereocenters. The Labute approximate surface area is 172 Å². The summed E-state index contributed by atoms with van der Waals surface area (Å²) in [6.45, 7) is 2.75. The average molecular weight is 425 g/mol. The zero-order valence-electron chi connectivity index (χ0n) is 15.2. The lowest BCUT2D eigenvalue weighted by atomic mass is 10.1. The van der Waals surface area contributed by atoms with Crippen molar-refractivity contribution in [2.24, 2.45) is 5.73 Å². The number of rotatable bonds is 6. The Hall–Kier alpha value is -2.16. The first-order valence-corrected chi connectivity index (χ1v) is 10.2. The van der Waals surface area contributed by atoms with E-state index >= 15 is 0 Å². The second-order valence-corrected chi connectivity index (χ2v) is 8.02. The van der Waals surface area contributed by atoms with E-state index in [0.717, 1.165) is 4.88 Å². The lowest BCUT2D eigenvalue weighted by Gasteiger charge is -2.35. The van der Waals surface area contributed by atoms with Crippen molar-refractivity contribution in [1.82, 2.24) is 15.1 Å². The quantitative estimate of drug-likeness (QED) is 0.748. The number of hydrogen-bond donors (Lipinski definition) is 2. The smallest absolute Gasteiger partial charge is 0.312 e. The van der Waals surface area contributed by atoms with Crippen LogP contribution in [0, 0.1) is 5.82 Å². The molecule has 1 aromatic carbocycles. The van der Waals surface area contributed by atoms with Crippen LogP contribution in [0.25, 0.3) is 0 Å². The van der Waals surface area contributed by atoms with E-state index in [2.05, 4.69) is 10.2 Å². The molecule has 0 spiro atoms. The highest BCUT2D eigenvalue weighted by Crippen LogP contribution is 2.24. The first kappa shape index (κ1) is 20.6. The van der Waals surface area contributed by atoms with Gasteiger partial charge in [0.1, 0.15) is 5.82 Å². The molecule has 3 N–H and O–H groups in total. The number of carbonyl (C=O) groups excluding carboxylic acids is 2. The SMILES string of the molecule is NC(=O)NC(CC(=O)N1CCN(Cc2c(F)cccc2Cl)CC1)c1cccs1. The molecule has 1 fully saturated rings. The van der Waals surface area contributed by atoms with Gasteiger partial charge >= 0.3 is 6.03 Å². The summed E-state index contributed by atoms with van der Waals surface area (Å²) in [5, 5.41) is 4.94. The number of urea groups is 1. The second-order valence-electron chi connectivity index (χ2n) is 6.64. The van der Waals surface area contributed by atoms with Crippen LogP contribution in [0.2, 0.25) is 5.02 Å². The van der Waals surface area contributed by atoms with Crippen molar-refractivity contribution in [2.75, 3.05) is 26.2 Å². The topological polar surface area (TPSA) is 78.7 Å². The minimum absolute atomic E-state index is 0.0456. The lowest BCUT2D eigenvalue weighted by Crippen LogP contribution is -2.49. The van der Waals surface area contributed by atoms with Crippen LogP contribution in [0.1, 0.15) is 22.9 Å². The molecular weight excluding hydrogens is 403 g/mol. The third kappa shape index (κ3) is 5.21. The van der Waals surface area contributed by atoms with Gasteiger partial charge in [-0.3, -0.25) is 9.69 Å². The molecule has 0 radical (unpaired) electrons. The molecule has 3 rings (SSSR count). The zero-order valence-corrected chi connectivity index (χ0v) is 16.8. The molecule has 28 heavy (non-hydrogen) atoms. The van der Waals surface area contributed by atoms with Crippen LogP contribution in [0.3, 0.4) is 0 Å². The third-order valence-corrected chi connectivity index (χ3v) is 6.09. The molecule has 1 aliphatic heterocycles. The molecule has 1 aliphatic rings. The number of nitrogens with two attached hydrogens (primary N) is 1. The number of hydrogen-bond acceptors (Lipinski definition) is 4. The van der Waals surface area contributed by atoms with E-state index in [-0.39, 0.29) is 18.1 Å². The van der Waals surface area contributed by atoms with Crippen molar-refractivity contribution in [3.63, 3.8) is 0 Å². The maximum absolute atomic E-state index is 14.0. The number of nitrogens with zero attached hydrogens (tertiary/aromatic N) is 2. The standard InChI is InChI=1S/C19H22ClFN4O2S/c20-14-3-1-4-15(21)13(14)12-24-6-8-25(9-7-24)18(26)11-16(23-19(22)27)17-5-2-10-28-17/h1-5,10,16H,6-9,11-12H2,(H3,22,23,27). The van der Waals surface area contributed by atoms with Gasteiger partial charge in [-0.25, -0.2) is 9.18 Å². The zero-order chi connectivity index (χ0) is 20.1. The molecule has 150 valence electrons. The molecular formula is C19H22ClFN4O2S. The monoisotopic (exact) mass is 424 g/mol. The number of halogens is 2. The summed E-state index contributed by atoms with van der Waals surface area (Å²) in [4.78, 5) is 28.7. The predicted octanol–water partition coefficient (Wildman–Crippen LogP) is 2.98. The molecule has 9 heteroatoms. The molecule has 1 saturated heterocycles. The van der Waals surface area contributed by atoms with E-state index in [9.17, 15) is 14.0 Å². The summed E-state index contributed by atoms with van der Waals surface area (Å²) in [6.07, 6.45) is 0.155. The van der Waals surface area contributed by atoms with Gasteiger partial charge in [0, 0.05) is 48.2 Å². The van der Waals surface area contributed by atoms with E-state index in [1.807, 2.05) is 17.5 Å². The van der Waals surface area contributed by atoms with Gasteiger partial charge in [0.2, 0.25) is 5.91 Å². The largest absolute Gasteiger partial charge is 0.352 e. The van der Waals surface area contributed by atoms with Crippen molar-refractivity contribution in [1.29, 1.82) is 0 Å². The molecule has 1 aromatic heterocycles. The summed E-state index contributed by atoms with van der Waals surface area (Å²) in [5.41, 5.74) is 5.73. The van der Waals surface area contributed by atoms with Crippen molar-refractivity contribution in [3.05, 3.63) is 57.0 Å². The van der Waals surface area contributed by atoms with Crippen LogP contribution in [-0.4, -0.2) is 47.9 Å². The maximum atomic E-state index is 14.0. The lowest BCUT2D eigenvalue weighted by molar-refractivity contribution is -0.133. The molecule has 2 aromatic rings. The Morgan fingerprint density at radius 2 is 1.96 bits per heavy atom. The Balaban J connectivity index is 1.55. The first-order chi connectivity index (χ1) is 13.4. The second kappa shape index (κ2) is 9.36. The number of nitrogens with one attached hydrogen (secondary N) is 1. The van der Waals surface area contributed by atoms with Crippen LogP contribution < -0.4 is 11.1 Å². The minimum atomic E-state index is -0.655. The number of thiophene rings is 1. The fraction of sp³-hybridized carbons (Fsp3) is 0.368. The van der Waals surface area contributed by atoms with Crippen molar-refractivity contribution in [2.45, 2.75) is 19.0 Å². The number of primary amides is 1. The van der Waals surface area contributed by atoms with Crippen LogP contribution in [-0.2, 0) is 11.3 Å². The predicted molar refractivity (Wildman–Crippen MR) is 108 cm³/mol. The Morgan fingerprint density at radius 1 is 1.21 bits per heavy atom. The third-order valence-electron chi connectivity index (χ3n) is 4.75. The van der Waals surface area contributed by atoms with E-state index in [1.165, 1.54) is 17.4 Å². The van der Waals surface area contributed by atoms with Gasteiger partial charge in [-0.1, -0.05) is 23.7 Å². The van der Waals surface area contributed by atoms with Crippen LogP contribution in [0.15, 0.2) is 35.7 Å². The first-order valence-electron chi connectivity index (χ1n) is 8.96. The van der Waals surface area contributed by atoms with E-state index < -0.39 is 12.1 Å². The number of carbonyl (C=O) groups is 2. The van der Waals surface area contributed by atoms with Gasteiger partial charge < -0.3 is 16.0 Å². The van der Waals surface area contributed by atoms with Gasteiger partial charge in [-0.05, 0) is 23.6 Å². The molecule has 2 heterocycles. The van der Waals surface area contributed by atoms with Crippen molar-refractivity contribution >= 4 is 34.9 Å². The van der Waals surface area contributed by atoms with Crippen LogP contribution >= 0.6 is 22.9 Å². The van der Waals surface area contributed by atoms with Gasteiger partial charge in [0.15, 0.2) is 0 Å². The fourth-order valence-corrected chi connectivity index (χ4v) is 4.25. The minimum Gasteiger partial charge on any atom is -0.352 e. The van der Waals surface area contributed by atoms with Crippen LogP contribution in [0.4, 0.5) is 9.18 Å². The Morgan fingerprint density at radius 3 is 2.57 bits per heavy atom. The molecule has 0 saturated carbocycles. The summed E-state index contributed by atoms with van der Waals surface area (Å²) >= 11 is 7.57. The van der Waals surface area contributed by atoms with E-state index in [4.69, 9.17) is 17.3 Å². The summed E-state index contributed by atoms with van der Waals surface area (Å²) in [5.74, 6) is -0.363. The average Bonchev–Trinajstić information content (AvgIpc) is 3.19. The fourth-order valence-electron chi connectivity index (χ4n) is 3.25. The summed E-state index contributed by atoms with van der Waals surface area (Å²) in [6, 6.07) is 7.31. The summed E-state index contributed by atoms with van der Waals surface area (Å²) < 4.78 is 14.0.